The molecular formula is C18H14O2. The molecule has 0 unspecified atom stereocenters. The van der Waals surface area contributed by atoms with E-state index < -0.39 is 0 Å². The van der Waals surface area contributed by atoms with Gasteiger partial charge in [0.2, 0.25) is 0 Å². The highest BCUT2D eigenvalue weighted by Crippen LogP contribution is 2.16. The molecule has 0 bridgehead atoms. The molecule has 2 heterocycles. The fourth-order valence-corrected chi connectivity index (χ4v) is 1.93. The fraction of sp³-hybridized carbons (Fsp3) is 0. The lowest BCUT2D eigenvalue weighted by Crippen LogP contribution is -1.79. The average molecular weight is 262 g/mol. The molecule has 98 valence electrons. The standard InChI is InChI=1S/C18H14O2/c1-2-6-16(10-12-18-8-4-14-20-18)15(5-1)9-11-17-7-3-13-19-17/h1-14H. The summed E-state index contributed by atoms with van der Waals surface area (Å²) < 4.78 is 10.6. The van der Waals surface area contributed by atoms with Crippen molar-refractivity contribution in [2.24, 2.45) is 0 Å². The Kier molecular flexibility index (Phi) is 3.65. The largest absolute Gasteiger partial charge is 0.465 e. The van der Waals surface area contributed by atoms with E-state index in [1.807, 2.05) is 60.7 Å². The lowest BCUT2D eigenvalue weighted by Gasteiger charge is -1.99. The molecule has 1 aromatic carbocycles. The van der Waals surface area contributed by atoms with E-state index in [4.69, 9.17) is 8.83 Å². The molecule has 2 heteroatoms. The summed E-state index contributed by atoms with van der Waals surface area (Å²) in [6.45, 7) is 0. The highest BCUT2D eigenvalue weighted by Gasteiger charge is 1.96. The lowest BCUT2D eigenvalue weighted by atomic mass is 10.1. The maximum atomic E-state index is 5.29. The van der Waals surface area contributed by atoms with Gasteiger partial charge in [0.25, 0.3) is 0 Å². The van der Waals surface area contributed by atoms with Gasteiger partial charge >= 0.3 is 0 Å². The highest BCUT2D eigenvalue weighted by atomic mass is 16.3. The number of hydrogen-bond donors (Lipinski definition) is 0. The molecule has 2 aromatic heterocycles. The zero-order valence-corrected chi connectivity index (χ0v) is 10.9. The van der Waals surface area contributed by atoms with E-state index in [2.05, 4.69) is 12.1 Å². The molecule has 0 saturated heterocycles. The van der Waals surface area contributed by atoms with Crippen molar-refractivity contribution in [2.75, 3.05) is 0 Å². The molecule has 0 radical (unpaired) electrons. The van der Waals surface area contributed by atoms with E-state index >= 15 is 0 Å². The van der Waals surface area contributed by atoms with Crippen LogP contribution in [0.15, 0.2) is 69.9 Å². The fourth-order valence-electron chi connectivity index (χ4n) is 1.93. The Morgan fingerprint density at radius 2 is 1.05 bits per heavy atom. The van der Waals surface area contributed by atoms with Crippen molar-refractivity contribution in [2.45, 2.75) is 0 Å². The third-order valence-electron chi connectivity index (χ3n) is 2.94. The molecule has 0 fully saturated rings. The van der Waals surface area contributed by atoms with Gasteiger partial charge in [0.15, 0.2) is 0 Å². The maximum absolute atomic E-state index is 5.29. The smallest absolute Gasteiger partial charge is 0.126 e. The van der Waals surface area contributed by atoms with E-state index in [1.54, 1.807) is 12.5 Å². The van der Waals surface area contributed by atoms with Gasteiger partial charge in [-0.1, -0.05) is 36.4 Å². The number of hydrogen-bond acceptors (Lipinski definition) is 2. The molecule has 0 spiro atoms. The predicted octanol–water partition coefficient (Wildman–Crippen LogP) is 5.21. The molecule has 0 N–H and O–H groups in total. The average Bonchev–Trinajstić information content (AvgIpc) is 3.17. The van der Waals surface area contributed by atoms with Crippen LogP contribution in [0.25, 0.3) is 24.3 Å². The van der Waals surface area contributed by atoms with Crippen molar-refractivity contribution in [3.63, 3.8) is 0 Å². The van der Waals surface area contributed by atoms with Gasteiger partial charge in [-0.25, -0.2) is 0 Å². The lowest BCUT2D eigenvalue weighted by molar-refractivity contribution is 0.557. The molecule has 3 rings (SSSR count). The van der Waals surface area contributed by atoms with E-state index in [1.165, 1.54) is 0 Å². The molecule has 20 heavy (non-hydrogen) atoms. The molecule has 3 aromatic rings. The molecule has 0 atom stereocenters. The Balaban J connectivity index is 1.85. The summed E-state index contributed by atoms with van der Waals surface area (Å²) in [5.74, 6) is 1.68. The van der Waals surface area contributed by atoms with Crippen molar-refractivity contribution in [1.82, 2.24) is 0 Å². The van der Waals surface area contributed by atoms with Crippen LogP contribution in [-0.4, -0.2) is 0 Å². The minimum absolute atomic E-state index is 0.842. The Labute approximate surface area is 117 Å². The van der Waals surface area contributed by atoms with Crippen LogP contribution in [-0.2, 0) is 0 Å². The quantitative estimate of drug-likeness (QED) is 0.644. The van der Waals surface area contributed by atoms with Crippen molar-refractivity contribution >= 4 is 24.3 Å². The monoisotopic (exact) mass is 262 g/mol. The Morgan fingerprint density at radius 1 is 0.550 bits per heavy atom. The van der Waals surface area contributed by atoms with E-state index in [0.717, 1.165) is 22.6 Å². The van der Waals surface area contributed by atoms with Crippen molar-refractivity contribution in [1.29, 1.82) is 0 Å². The summed E-state index contributed by atoms with van der Waals surface area (Å²) in [4.78, 5) is 0. The van der Waals surface area contributed by atoms with Gasteiger partial charge in [0.1, 0.15) is 11.5 Å². The number of furan rings is 2. The van der Waals surface area contributed by atoms with Crippen LogP contribution in [0.2, 0.25) is 0 Å². The first-order chi connectivity index (χ1) is 9.92. The SMILES string of the molecule is C(=Cc1ccccc1C=Cc1ccco1)c1ccco1. The minimum Gasteiger partial charge on any atom is -0.465 e. The molecule has 0 aliphatic carbocycles. The van der Waals surface area contributed by atoms with Crippen LogP contribution in [0.3, 0.4) is 0 Å². The molecular weight excluding hydrogens is 248 g/mol. The summed E-state index contributed by atoms with van der Waals surface area (Å²) in [5, 5.41) is 0. The zero-order valence-electron chi connectivity index (χ0n) is 10.9. The Morgan fingerprint density at radius 3 is 1.45 bits per heavy atom. The van der Waals surface area contributed by atoms with Gasteiger partial charge in [0.05, 0.1) is 12.5 Å². The predicted molar refractivity (Wildman–Crippen MR) is 81.7 cm³/mol. The minimum atomic E-state index is 0.842. The first-order valence-corrected chi connectivity index (χ1v) is 6.44. The van der Waals surface area contributed by atoms with Crippen molar-refractivity contribution < 1.29 is 8.83 Å². The number of benzene rings is 1. The Bertz CT molecular complexity index is 638. The first-order valence-electron chi connectivity index (χ1n) is 6.44. The van der Waals surface area contributed by atoms with Crippen LogP contribution in [0.5, 0.6) is 0 Å². The van der Waals surface area contributed by atoms with Gasteiger partial charge in [-0.15, -0.1) is 0 Å². The van der Waals surface area contributed by atoms with Gasteiger partial charge < -0.3 is 8.83 Å². The van der Waals surface area contributed by atoms with Gasteiger partial charge in [-0.05, 0) is 47.5 Å². The summed E-state index contributed by atoms with van der Waals surface area (Å²) >= 11 is 0. The van der Waals surface area contributed by atoms with Crippen molar-refractivity contribution in [3.8, 4) is 0 Å². The summed E-state index contributed by atoms with van der Waals surface area (Å²) in [7, 11) is 0. The van der Waals surface area contributed by atoms with Crippen molar-refractivity contribution in [3.05, 3.63) is 83.7 Å². The molecule has 2 nitrogen and oxygen atoms in total. The third kappa shape index (κ3) is 2.98. The van der Waals surface area contributed by atoms with Gasteiger partial charge in [-0.3, -0.25) is 0 Å². The molecule has 0 aliphatic rings. The van der Waals surface area contributed by atoms with Gasteiger partial charge in [0, 0.05) is 0 Å². The van der Waals surface area contributed by atoms with Crippen LogP contribution >= 0.6 is 0 Å². The third-order valence-corrected chi connectivity index (χ3v) is 2.94. The topological polar surface area (TPSA) is 26.3 Å². The van der Waals surface area contributed by atoms with E-state index in [9.17, 15) is 0 Å². The number of rotatable bonds is 4. The second kappa shape index (κ2) is 5.93. The summed E-state index contributed by atoms with van der Waals surface area (Å²) in [5.41, 5.74) is 2.26. The normalized spacial score (nSPS) is 11.6. The van der Waals surface area contributed by atoms with E-state index in [-0.39, 0.29) is 0 Å². The van der Waals surface area contributed by atoms with Crippen LogP contribution in [0, 0.1) is 0 Å². The molecule has 0 saturated carbocycles. The molecule has 0 aliphatic heterocycles. The summed E-state index contributed by atoms with van der Waals surface area (Å²) in [6, 6.07) is 15.8. The highest BCUT2D eigenvalue weighted by molar-refractivity contribution is 5.77. The first kappa shape index (κ1) is 12.3. The Hall–Kier alpha value is -2.74. The van der Waals surface area contributed by atoms with Crippen LogP contribution in [0.4, 0.5) is 0 Å². The van der Waals surface area contributed by atoms with E-state index in [0.29, 0.717) is 0 Å². The van der Waals surface area contributed by atoms with Crippen LogP contribution < -0.4 is 0 Å². The zero-order chi connectivity index (χ0) is 13.6. The summed E-state index contributed by atoms with van der Waals surface area (Å²) in [6.07, 6.45) is 11.3. The second-order valence-electron chi connectivity index (χ2n) is 4.33. The molecule has 0 amide bonds. The van der Waals surface area contributed by atoms with Crippen LogP contribution in [0.1, 0.15) is 22.6 Å². The maximum Gasteiger partial charge on any atom is 0.126 e. The second-order valence-corrected chi connectivity index (χ2v) is 4.33. The van der Waals surface area contributed by atoms with Gasteiger partial charge in [-0.2, -0.15) is 0 Å².